The van der Waals surface area contributed by atoms with Gasteiger partial charge in [0.15, 0.2) is 5.96 Å². The topological polar surface area (TPSA) is 39.7 Å². The molecule has 0 aliphatic carbocycles. The molecule has 0 amide bonds. The molecule has 23 heavy (non-hydrogen) atoms. The second-order valence-corrected chi connectivity index (χ2v) is 6.66. The van der Waals surface area contributed by atoms with Crippen molar-refractivity contribution < 1.29 is 0 Å². The smallest absolute Gasteiger partial charge is 0.191 e. The molecule has 0 aromatic heterocycles. The molecule has 1 aliphatic heterocycles. The average molecular weight is 316 g/mol. The first kappa shape index (κ1) is 17.8. The lowest BCUT2D eigenvalue weighted by atomic mass is 10.0. The van der Waals surface area contributed by atoms with E-state index in [1.54, 1.807) is 0 Å². The summed E-state index contributed by atoms with van der Waals surface area (Å²) in [4.78, 5) is 6.98. The van der Waals surface area contributed by atoms with E-state index < -0.39 is 0 Å². The first-order valence-electron chi connectivity index (χ1n) is 8.89. The number of guanidine groups is 1. The van der Waals surface area contributed by atoms with E-state index in [-0.39, 0.29) is 6.04 Å². The van der Waals surface area contributed by atoms with Crippen molar-refractivity contribution in [2.24, 2.45) is 4.99 Å². The lowest BCUT2D eigenvalue weighted by molar-refractivity contribution is 0.115. The summed E-state index contributed by atoms with van der Waals surface area (Å²) in [5.41, 5.74) is 1.27. The molecular formula is C19H32N4. The number of piperidine rings is 1. The van der Waals surface area contributed by atoms with Gasteiger partial charge in [-0.2, -0.15) is 0 Å². The van der Waals surface area contributed by atoms with Gasteiger partial charge in [-0.05, 0) is 45.7 Å². The Hall–Kier alpha value is -1.55. The molecule has 2 rings (SSSR count). The molecule has 1 aliphatic rings. The van der Waals surface area contributed by atoms with Crippen LogP contribution in [0.25, 0.3) is 0 Å². The summed E-state index contributed by atoms with van der Waals surface area (Å²) in [6.45, 7) is 8.96. The third-order valence-corrected chi connectivity index (χ3v) is 4.86. The third kappa shape index (κ3) is 5.24. The maximum atomic E-state index is 4.37. The molecule has 4 heteroatoms. The number of rotatable bonds is 5. The lowest BCUT2D eigenvalue weighted by Gasteiger charge is -2.38. The molecule has 0 spiro atoms. The van der Waals surface area contributed by atoms with Gasteiger partial charge in [0.2, 0.25) is 0 Å². The Morgan fingerprint density at radius 3 is 2.65 bits per heavy atom. The zero-order valence-corrected chi connectivity index (χ0v) is 15.0. The number of likely N-dealkylation sites (tertiary alicyclic amines) is 1. The summed E-state index contributed by atoms with van der Waals surface area (Å²) in [5.74, 6) is 0.873. The predicted octanol–water partition coefficient (Wildman–Crippen LogP) is 3.18. The molecule has 3 unspecified atom stereocenters. The lowest BCUT2D eigenvalue weighted by Crippen LogP contribution is -2.50. The first-order chi connectivity index (χ1) is 11.1. The van der Waals surface area contributed by atoms with Crippen molar-refractivity contribution in [2.45, 2.75) is 58.2 Å². The van der Waals surface area contributed by atoms with E-state index in [1.165, 1.54) is 31.4 Å². The minimum Gasteiger partial charge on any atom is -0.355 e. The van der Waals surface area contributed by atoms with Gasteiger partial charge in [0.25, 0.3) is 0 Å². The van der Waals surface area contributed by atoms with Gasteiger partial charge in [-0.15, -0.1) is 0 Å². The Bertz CT molecular complexity index is 485. The highest BCUT2D eigenvalue weighted by Crippen LogP contribution is 2.18. The summed E-state index contributed by atoms with van der Waals surface area (Å²) >= 11 is 0. The van der Waals surface area contributed by atoms with Gasteiger partial charge in [0.1, 0.15) is 0 Å². The maximum absolute atomic E-state index is 4.37. The van der Waals surface area contributed by atoms with Gasteiger partial charge in [0.05, 0.1) is 6.04 Å². The molecular weight excluding hydrogens is 284 g/mol. The summed E-state index contributed by atoms with van der Waals surface area (Å²) in [6.07, 6.45) is 4.02. The largest absolute Gasteiger partial charge is 0.355 e. The average Bonchev–Trinajstić information content (AvgIpc) is 2.59. The molecule has 0 saturated carbocycles. The second kappa shape index (κ2) is 8.92. The highest BCUT2D eigenvalue weighted by Gasteiger charge is 2.23. The Labute approximate surface area is 141 Å². The van der Waals surface area contributed by atoms with Gasteiger partial charge in [-0.25, -0.2) is 0 Å². The van der Waals surface area contributed by atoms with Crippen LogP contribution in [0.2, 0.25) is 0 Å². The molecule has 2 N–H and O–H groups in total. The number of hydrogen-bond donors (Lipinski definition) is 2. The molecule has 1 heterocycles. The van der Waals surface area contributed by atoms with E-state index in [4.69, 9.17) is 0 Å². The van der Waals surface area contributed by atoms with Crippen molar-refractivity contribution in [1.29, 1.82) is 0 Å². The van der Waals surface area contributed by atoms with Crippen LogP contribution in [-0.4, -0.2) is 43.1 Å². The van der Waals surface area contributed by atoms with Crippen molar-refractivity contribution in [3.63, 3.8) is 0 Å². The van der Waals surface area contributed by atoms with Crippen molar-refractivity contribution in [1.82, 2.24) is 15.5 Å². The van der Waals surface area contributed by atoms with E-state index in [0.29, 0.717) is 12.1 Å². The molecule has 0 radical (unpaired) electrons. The third-order valence-electron chi connectivity index (χ3n) is 4.86. The van der Waals surface area contributed by atoms with Crippen LogP contribution in [0.4, 0.5) is 0 Å². The second-order valence-electron chi connectivity index (χ2n) is 6.66. The SMILES string of the molecule is CN=C(NCC(C)N1CCCCC1C)NC(C)c1ccccc1. The zero-order valence-electron chi connectivity index (χ0n) is 15.0. The first-order valence-corrected chi connectivity index (χ1v) is 8.89. The Kier molecular flexibility index (Phi) is 6.90. The summed E-state index contributed by atoms with van der Waals surface area (Å²) in [6, 6.07) is 11.9. The van der Waals surface area contributed by atoms with Crippen molar-refractivity contribution in [2.75, 3.05) is 20.1 Å². The zero-order chi connectivity index (χ0) is 16.7. The fraction of sp³-hybridized carbons (Fsp3) is 0.632. The number of benzene rings is 1. The summed E-state index contributed by atoms with van der Waals surface area (Å²) < 4.78 is 0. The fourth-order valence-electron chi connectivity index (χ4n) is 3.36. The Balaban J connectivity index is 1.83. The van der Waals surface area contributed by atoms with Gasteiger partial charge < -0.3 is 10.6 Å². The van der Waals surface area contributed by atoms with Crippen molar-refractivity contribution >= 4 is 5.96 Å². The van der Waals surface area contributed by atoms with Crippen LogP contribution in [0.15, 0.2) is 35.3 Å². The highest BCUT2D eigenvalue weighted by molar-refractivity contribution is 5.80. The van der Waals surface area contributed by atoms with Crippen LogP contribution in [-0.2, 0) is 0 Å². The van der Waals surface area contributed by atoms with Gasteiger partial charge in [0, 0.05) is 25.7 Å². The number of nitrogens with zero attached hydrogens (tertiary/aromatic N) is 2. The quantitative estimate of drug-likeness (QED) is 0.647. The molecule has 0 bridgehead atoms. The Morgan fingerprint density at radius 2 is 2.00 bits per heavy atom. The van der Waals surface area contributed by atoms with Crippen molar-refractivity contribution in [3.05, 3.63) is 35.9 Å². The van der Waals surface area contributed by atoms with E-state index in [0.717, 1.165) is 12.5 Å². The molecule has 1 aromatic carbocycles. The van der Waals surface area contributed by atoms with Gasteiger partial charge >= 0.3 is 0 Å². The molecule has 3 atom stereocenters. The molecule has 4 nitrogen and oxygen atoms in total. The molecule has 1 saturated heterocycles. The van der Waals surface area contributed by atoms with E-state index in [1.807, 2.05) is 13.1 Å². The number of hydrogen-bond acceptors (Lipinski definition) is 2. The molecule has 128 valence electrons. The van der Waals surface area contributed by atoms with Crippen molar-refractivity contribution in [3.8, 4) is 0 Å². The molecule has 1 fully saturated rings. The monoisotopic (exact) mass is 316 g/mol. The van der Waals surface area contributed by atoms with E-state index in [2.05, 4.69) is 65.6 Å². The normalized spacial score (nSPS) is 22.4. The van der Waals surface area contributed by atoms with Crippen LogP contribution in [0.3, 0.4) is 0 Å². The van der Waals surface area contributed by atoms with Crippen LogP contribution in [0, 0.1) is 0 Å². The number of nitrogens with one attached hydrogen (secondary N) is 2. The van der Waals surface area contributed by atoms with Crippen LogP contribution < -0.4 is 10.6 Å². The van der Waals surface area contributed by atoms with E-state index >= 15 is 0 Å². The minimum absolute atomic E-state index is 0.242. The van der Waals surface area contributed by atoms with Gasteiger partial charge in [-0.3, -0.25) is 9.89 Å². The van der Waals surface area contributed by atoms with Gasteiger partial charge in [-0.1, -0.05) is 36.8 Å². The minimum atomic E-state index is 0.242. The maximum Gasteiger partial charge on any atom is 0.191 e. The predicted molar refractivity (Wildman–Crippen MR) is 98.8 cm³/mol. The standard InChI is InChI=1S/C19H32N4/c1-15-10-8-9-13-23(15)16(2)14-21-19(20-4)22-17(3)18-11-6-5-7-12-18/h5-7,11-12,15-17H,8-10,13-14H2,1-4H3,(H2,20,21,22). The Morgan fingerprint density at radius 1 is 1.26 bits per heavy atom. The summed E-state index contributed by atoms with van der Waals surface area (Å²) in [5, 5.41) is 6.96. The van der Waals surface area contributed by atoms with Crippen LogP contribution in [0.1, 0.15) is 51.6 Å². The fourth-order valence-corrected chi connectivity index (χ4v) is 3.36. The van der Waals surface area contributed by atoms with E-state index in [9.17, 15) is 0 Å². The molecule has 1 aromatic rings. The van der Waals surface area contributed by atoms with Crippen LogP contribution in [0.5, 0.6) is 0 Å². The highest BCUT2D eigenvalue weighted by atomic mass is 15.2. The summed E-state index contributed by atoms with van der Waals surface area (Å²) in [7, 11) is 1.83. The van der Waals surface area contributed by atoms with Crippen LogP contribution >= 0.6 is 0 Å². The number of aliphatic imine (C=N–C) groups is 1.